The highest BCUT2D eigenvalue weighted by atomic mass is 19.1. The molecule has 1 fully saturated rings. The number of halogens is 1. The molecule has 0 saturated carbocycles. The molecule has 0 aliphatic carbocycles. The maximum atomic E-state index is 13.8. The Bertz CT molecular complexity index is 739. The SMILES string of the molecule is Cc1nc(CN2CCC[C@@H](NCc3cc(C#N)ccc3F)C2)no1. The predicted molar refractivity (Wildman–Crippen MR) is 85.3 cm³/mol. The number of rotatable bonds is 5. The van der Waals surface area contributed by atoms with Gasteiger partial charge in [0.15, 0.2) is 5.82 Å². The van der Waals surface area contributed by atoms with E-state index in [1.807, 2.05) is 6.07 Å². The summed E-state index contributed by atoms with van der Waals surface area (Å²) in [5.41, 5.74) is 1.01. The molecule has 2 heterocycles. The lowest BCUT2D eigenvalue weighted by atomic mass is 10.0. The van der Waals surface area contributed by atoms with E-state index in [-0.39, 0.29) is 11.9 Å². The zero-order valence-corrected chi connectivity index (χ0v) is 13.6. The molecule has 3 rings (SSSR count). The van der Waals surface area contributed by atoms with Crippen LogP contribution in [0.5, 0.6) is 0 Å². The van der Waals surface area contributed by atoms with Crippen molar-refractivity contribution in [2.75, 3.05) is 13.1 Å². The van der Waals surface area contributed by atoms with Gasteiger partial charge in [-0.3, -0.25) is 4.90 Å². The Kier molecular flexibility index (Phi) is 5.18. The van der Waals surface area contributed by atoms with E-state index in [0.717, 1.165) is 25.9 Å². The molecule has 7 heteroatoms. The summed E-state index contributed by atoms with van der Waals surface area (Å²) in [6.07, 6.45) is 2.11. The van der Waals surface area contributed by atoms with Crippen molar-refractivity contribution in [2.24, 2.45) is 0 Å². The molecule has 1 aromatic heterocycles. The van der Waals surface area contributed by atoms with Crippen molar-refractivity contribution in [1.82, 2.24) is 20.4 Å². The van der Waals surface area contributed by atoms with Crippen LogP contribution in [-0.2, 0) is 13.1 Å². The van der Waals surface area contributed by atoms with Gasteiger partial charge in [-0.1, -0.05) is 5.16 Å². The third-order valence-electron chi connectivity index (χ3n) is 4.20. The molecule has 6 nitrogen and oxygen atoms in total. The van der Waals surface area contributed by atoms with E-state index in [0.29, 0.717) is 35.9 Å². The first-order valence-electron chi connectivity index (χ1n) is 8.07. The van der Waals surface area contributed by atoms with Crippen molar-refractivity contribution in [3.05, 3.63) is 46.9 Å². The highest BCUT2D eigenvalue weighted by molar-refractivity contribution is 5.33. The van der Waals surface area contributed by atoms with Crippen LogP contribution in [0.3, 0.4) is 0 Å². The lowest BCUT2D eigenvalue weighted by Crippen LogP contribution is -2.45. The largest absolute Gasteiger partial charge is 0.340 e. The van der Waals surface area contributed by atoms with Crippen molar-refractivity contribution in [3.63, 3.8) is 0 Å². The molecular weight excluding hydrogens is 309 g/mol. The lowest BCUT2D eigenvalue weighted by molar-refractivity contribution is 0.177. The topological polar surface area (TPSA) is 78.0 Å². The lowest BCUT2D eigenvalue weighted by Gasteiger charge is -2.32. The van der Waals surface area contributed by atoms with Gasteiger partial charge in [0.1, 0.15) is 5.82 Å². The van der Waals surface area contributed by atoms with Gasteiger partial charge >= 0.3 is 0 Å². The number of hydrogen-bond donors (Lipinski definition) is 1. The van der Waals surface area contributed by atoms with Crippen LogP contribution < -0.4 is 5.32 Å². The molecule has 1 aliphatic rings. The smallest absolute Gasteiger partial charge is 0.223 e. The zero-order valence-electron chi connectivity index (χ0n) is 13.6. The molecular formula is C17H20FN5O. The third kappa shape index (κ3) is 4.16. The van der Waals surface area contributed by atoms with Gasteiger partial charge in [-0.05, 0) is 37.6 Å². The summed E-state index contributed by atoms with van der Waals surface area (Å²) in [5, 5.41) is 16.3. The fourth-order valence-electron chi connectivity index (χ4n) is 3.01. The summed E-state index contributed by atoms with van der Waals surface area (Å²) >= 11 is 0. The molecule has 1 aromatic carbocycles. The zero-order chi connectivity index (χ0) is 16.9. The van der Waals surface area contributed by atoms with Crippen LogP contribution in [0.15, 0.2) is 22.7 Å². The predicted octanol–water partition coefficient (Wildman–Crippen LogP) is 2.14. The Hall–Kier alpha value is -2.30. The van der Waals surface area contributed by atoms with E-state index in [2.05, 4.69) is 20.4 Å². The summed E-state index contributed by atoms with van der Waals surface area (Å²) in [6.45, 7) is 4.70. The van der Waals surface area contributed by atoms with E-state index >= 15 is 0 Å². The van der Waals surface area contributed by atoms with Crippen LogP contribution in [-0.4, -0.2) is 34.2 Å². The second kappa shape index (κ2) is 7.51. The molecule has 1 saturated heterocycles. The summed E-state index contributed by atoms with van der Waals surface area (Å²) in [7, 11) is 0. The second-order valence-electron chi connectivity index (χ2n) is 6.10. The number of nitrogens with one attached hydrogen (secondary N) is 1. The average molecular weight is 329 g/mol. The first kappa shape index (κ1) is 16.6. The van der Waals surface area contributed by atoms with E-state index in [1.54, 1.807) is 13.0 Å². The van der Waals surface area contributed by atoms with Crippen LogP contribution in [0.4, 0.5) is 4.39 Å². The van der Waals surface area contributed by atoms with Crippen molar-refractivity contribution in [3.8, 4) is 6.07 Å². The van der Waals surface area contributed by atoms with E-state index in [4.69, 9.17) is 9.78 Å². The van der Waals surface area contributed by atoms with E-state index in [1.165, 1.54) is 12.1 Å². The summed E-state index contributed by atoms with van der Waals surface area (Å²) < 4.78 is 18.8. The molecule has 1 atom stereocenters. The number of nitrogens with zero attached hydrogens (tertiary/aromatic N) is 4. The highest BCUT2D eigenvalue weighted by Gasteiger charge is 2.21. The van der Waals surface area contributed by atoms with Gasteiger partial charge < -0.3 is 9.84 Å². The molecule has 1 aliphatic heterocycles. The Morgan fingerprint density at radius 1 is 1.50 bits per heavy atom. The van der Waals surface area contributed by atoms with Gasteiger partial charge in [0.25, 0.3) is 0 Å². The molecule has 0 unspecified atom stereocenters. The number of likely N-dealkylation sites (tertiary alicyclic amines) is 1. The summed E-state index contributed by atoms with van der Waals surface area (Å²) in [5.74, 6) is 0.988. The number of hydrogen-bond acceptors (Lipinski definition) is 6. The van der Waals surface area contributed by atoms with Crippen molar-refractivity contribution in [1.29, 1.82) is 5.26 Å². The first-order valence-corrected chi connectivity index (χ1v) is 8.07. The molecule has 1 N–H and O–H groups in total. The molecule has 126 valence electrons. The van der Waals surface area contributed by atoms with Gasteiger partial charge in [0.05, 0.1) is 18.2 Å². The normalized spacial score (nSPS) is 18.5. The Morgan fingerprint density at radius 3 is 3.12 bits per heavy atom. The van der Waals surface area contributed by atoms with Gasteiger partial charge in [0.2, 0.25) is 5.89 Å². The highest BCUT2D eigenvalue weighted by Crippen LogP contribution is 2.15. The monoisotopic (exact) mass is 329 g/mol. The van der Waals surface area contributed by atoms with Crippen LogP contribution in [0.1, 0.15) is 35.7 Å². The molecule has 2 aromatic rings. The molecule has 0 spiro atoms. The average Bonchev–Trinajstić information content (AvgIpc) is 2.99. The van der Waals surface area contributed by atoms with Crippen molar-refractivity contribution in [2.45, 2.75) is 38.9 Å². The number of piperidine rings is 1. The van der Waals surface area contributed by atoms with Crippen molar-refractivity contribution >= 4 is 0 Å². The molecule has 0 amide bonds. The maximum absolute atomic E-state index is 13.8. The fraction of sp³-hybridized carbons (Fsp3) is 0.471. The minimum absolute atomic E-state index is 0.275. The minimum Gasteiger partial charge on any atom is -0.340 e. The number of benzene rings is 1. The van der Waals surface area contributed by atoms with Crippen LogP contribution in [0, 0.1) is 24.1 Å². The number of aromatic nitrogens is 2. The van der Waals surface area contributed by atoms with Gasteiger partial charge in [-0.2, -0.15) is 10.2 Å². The van der Waals surface area contributed by atoms with Gasteiger partial charge in [-0.15, -0.1) is 0 Å². The number of nitriles is 1. The minimum atomic E-state index is -0.281. The van der Waals surface area contributed by atoms with Gasteiger partial charge in [0, 0.05) is 31.6 Å². The fourth-order valence-corrected chi connectivity index (χ4v) is 3.01. The van der Waals surface area contributed by atoms with Crippen LogP contribution in [0.2, 0.25) is 0 Å². The first-order chi connectivity index (χ1) is 11.6. The van der Waals surface area contributed by atoms with E-state index < -0.39 is 0 Å². The summed E-state index contributed by atoms with van der Waals surface area (Å²) in [6, 6.07) is 6.76. The Morgan fingerprint density at radius 2 is 2.38 bits per heavy atom. The Labute approximate surface area is 140 Å². The number of aryl methyl sites for hydroxylation is 1. The van der Waals surface area contributed by atoms with Crippen molar-refractivity contribution < 1.29 is 8.91 Å². The molecule has 0 radical (unpaired) electrons. The third-order valence-corrected chi connectivity index (χ3v) is 4.20. The van der Waals surface area contributed by atoms with E-state index in [9.17, 15) is 4.39 Å². The summed E-state index contributed by atoms with van der Waals surface area (Å²) in [4.78, 5) is 6.51. The second-order valence-corrected chi connectivity index (χ2v) is 6.10. The molecule has 0 bridgehead atoms. The standard InChI is InChI=1S/C17H20FN5O/c1-12-21-17(22-24-12)11-23-6-2-3-15(10-23)20-9-14-7-13(8-19)4-5-16(14)18/h4-5,7,15,20H,2-3,6,9-11H2,1H3/t15-/m1/s1. The van der Waals surface area contributed by atoms with Crippen LogP contribution >= 0.6 is 0 Å². The van der Waals surface area contributed by atoms with Gasteiger partial charge in [-0.25, -0.2) is 4.39 Å². The molecule has 24 heavy (non-hydrogen) atoms. The quantitative estimate of drug-likeness (QED) is 0.905. The Balaban J connectivity index is 1.55. The maximum Gasteiger partial charge on any atom is 0.223 e. The van der Waals surface area contributed by atoms with Crippen LogP contribution in [0.25, 0.3) is 0 Å².